The third-order valence-corrected chi connectivity index (χ3v) is 4.04. The molecule has 1 spiro atoms. The van der Waals surface area contributed by atoms with Crippen LogP contribution in [0.5, 0.6) is 0 Å². The molecule has 4 heteroatoms. The van der Waals surface area contributed by atoms with E-state index in [1.165, 1.54) is 18.4 Å². The molecule has 0 amide bonds. The van der Waals surface area contributed by atoms with Gasteiger partial charge >= 0.3 is 6.85 Å². The molecule has 2 fully saturated rings. The molecule has 2 aliphatic rings. The summed E-state index contributed by atoms with van der Waals surface area (Å²) in [5.74, 6) is 0.504. The van der Waals surface area contributed by atoms with Crippen molar-refractivity contribution in [2.75, 3.05) is 0 Å². The summed E-state index contributed by atoms with van der Waals surface area (Å²) in [6.07, 6.45) is 8.17. The van der Waals surface area contributed by atoms with Crippen molar-refractivity contribution < 1.29 is 0 Å². The lowest BCUT2D eigenvalue weighted by Gasteiger charge is -2.09. The zero-order valence-electron chi connectivity index (χ0n) is 8.60. The first-order valence-electron chi connectivity index (χ1n) is 5.56. The maximum atomic E-state index is 10.8. The Kier molecular flexibility index (Phi) is 1.91. The molecule has 1 aromatic heterocycles. The van der Waals surface area contributed by atoms with E-state index in [0.717, 1.165) is 12.7 Å². The molecule has 1 aromatic rings. The quantitative estimate of drug-likeness (QED) is 0.544. The van der Waals surface area contributed by atoms with E-state index in [9.17, 15) is 4.91 Å². The molecule has 1 unspecified atom stereocenters. The van der Waals surface area contributed by atoms with E-state index in [1.807, 2.05) is 12.3 Å². The standard InChI is InChI=1S/C11H13BN2O/c15-14-12-7-10(6-11(12)3-4-11)9-2-1-5-13-8-9/h1-2,5,8,10H,3-4,6-7H2. The maximum Gasteiger partial charge on any atom is 0.344 e. The lowest BCUT2D eigenvalue weighted by Crippen LogP contribution is -2.10. The fraction of sp³-hybridized carbons (Fsp3) is 0.545. The molecule has 3 rings (SSSR count). The van der Waals surface area contributed by atoms with Gasteiger partial charge in [0, 0.05) is 12.4 Å². The largest absolute Gasteiger partial charge is 0.344 e. The highest BCUT2D eigenvalue weighted by molar-refractivity contribution is 6.62. The fourth-order valence-corrected chi connectivity index (χ4v) is 2.95. The summed E-state index contributed by atoms with van der Waals surface area (Å²) in [7, 11) is 0. The normalized spacial score (nSPS) is 26.9. The molecule has 0 bridgehead atoms. The van der Waals surface area contributed by atoms with Gasteiger partial charge in [0.15, 0.2) is 0 Å². The first kappa shape index (κ1) is 9.07. The van der Waals surface area contributed by atoms with Crippen LogP contribution in [0.3, 0.4) is 0 Å². The summed E-state index contributed by atoms with van der Waals surface area (Å²) in [6, 6.07) is 4.08. The zero-order valence-corrected chi connectivity index (χ0v) is 8.60. The van der Waals surface area contributed by atoms with Crippen LogP contribution in [-0.4, -0.2) is 11.8 Å². The van der Waals surface area contributed by atoms with E-state index in [2.05, 4.69) is 16.1 Å². The second-order valence-electron chi connectivity index (χ2n) is 4.91. The summed E-state index contributed by atoms with van der Waals surface area (Å²) in [5, 5.41) is 3.59. The van der Waals surface area contributed by atoms with Gasteiger partial charge in [-0.15, -0.1) is 5.09 Å². The zero-order chi connectivity index (χ0) is 10.3. The van der Waals surface area contributed by atoms with Crippen molar-refractivity contribution in [1.82, 2.24) is 4.98 Å². The Morgan fingerprint density at radius 2 is 2.40 bits per heavy atom. The number of rotatable bonds is 2. The molecule has 1 aliphatic heterocycles. The molecule has 2 heterocycles. The second-order valence-corrected chi connectivity index (χ2v) is 4.91. The van der Waals surface area contributed by atoms with Crippen molar-refractivity contribution in [2.24, 2.45) is 5.09 Å². The van der Waals surface area contributed by atoms with Gasteiger partial charge in [0.05, 0.1) is 0 Å². The average molecular weight is 200 g/mol. The van der Waals surface area contributed by atoms with Crippen LogP contribution in [0.15, 0.2) is 29.6 Å². The molecule has 1 atom stereocenters. The van der Waals surface area contributed by atoms with Crippen LogP contribution in [0.2, 0.25) is 11.6 Å². The third kappa shape index (κ3) is 1.39. The van der Waals surface area contributed by atoms with E-state index in [0.29, 0.717) is 5.92 Å². The molecule has 15 heavy (non-hydrogen) atoms. The Morgan fingerprint density at radius 1 is 1.53 bits per heavy atom. The van der Waals surface area contributed by atoms with Gasteiger partial charge in [-0.3, -0.25) is 4.98 Å². The minimum absolute atomic E-state index is 0.0581. The Hall–Kier alpha value is -1.19. The Labute approximate surface area is 89.4 Å². The topological polar surface area (TPSA) is 42.3 Å². The number of aromatic nitrogens is 1. The minimum atomic E-state index is 0.0581. The van der Waals surface area contributed by atoms with E-state index in [1.54, 1.807) is 6.20 Å². The summed E-state index contributed by atoms with van der Waals surface area (Å²) in [5.41, 5.74) is 1.27. The monoisotopic (exact) mass is 200 g/mol. The van der Waals surface area contributed by atoms with Crippen LogP contribution >= 0.6 is 0 Å². The van der Waals surface area contributed by atoms with E-state index >= 15 is 0 Å². The predicted molar refractivity (Wildman–Crippen MR) is 59.9 cm³/mol. The lowest BCUT2D eigenvalue weighted by atomic mass is 9.51. The van der Waals surface area contributed by atoms with Gasteiger partial charge in [-0.1, -0.05) is 18.9 Å². The lowest BCUT2D eigenvalue weighted by molar-refractivity contribution is 0.678. The van der Waals surface area contributed by atoms with Gasteiger partial charge in [0.25, 0.3) is 0 Å². The minimum Gasteiger partial charge on any atom is -0.264 e. The maximum absolute atomic E-state index is 10.8. The Morgan fingerprint density at radius 3 is 2.93 bits per heavy atom. The number of nitrogens with zero attached hydrogens (tertiary/aromatic N) is 2. The summed E-state index contributed by atoms with van der Waals surface area (Å²) in [6.45, 7) is 0.0581. The van der Waals surface area contributed by atoms with Gasteiger partial charge in [-0.2, -0.15) is 4.91 Å². The number of hydrogen-bond acceptors (Lipinski definition) is 3. The van der Waals surface area contributed by atoms with E-state index in [4.69, 9.17) is 0 Å². The molecule has 0 N–H and O–H groups in total. The number of pyridine rings is 1. The van der Waals surface area contributed by atoms with Crippen LogP contribution in [0.25, 0.3) is 0 Å². The molecule has 1 saturated heterocycles. The average Bonchev–Trinajstić information content (AvgIpc) is 2.94. The molecule has 76 valence electrons. The van der Waals surface area contributed by atoms with Crippen LogP contribution in [0.1, 0.15) is 30.7 Å². The van der Waals surface area contributed by atoms with Crippen molar-refractivity contribution in [1.29, 1.82) is 0 Å². The van der Waals surface area contributed by atoms with Gasteiger partial charge in [0.1, 0.15) is 0 Å². The second kappa shape index (κ2) is 3.15. The predicted octanol–water partition coefficient (Wildman–Crippen LogP) is 2.86. The van der Waals surface area contributed by atoms with Crippen LogP contribution in [0.4, 0.5) is 0 Å². The first-order chi connectivity index (χ1) is 7.34. The van der Waals surface area contributed by atoms with Gasteiger partial charge in [-0.05, 0) is 35.6 Å². The van der Waals surface area contributed by atoms with Gasteiger partial charge in [-0.25, -0.2) is 0 Å². The smallest absolute Gasteiger partial charge is 0.264 e. The summed E-state index contributed by atoms with van der Waals surface area (Å²) < 4.78 is 0. The first-order valence-corrected chi connectivity index (χ1v) is 5.56. The molecular formula is C11H13BN2O. The van der Waals surface area contributed by atoms with E-state index < -0.39 is 0 Å². The highest BCUT2D eigenvalue weighted by Gasteiger charge is 2.59. The number of hydrogen-bond donors (Lipinski definition) is 0. The molecule has 1 saturated carbocycles. The van der Waals surface area contributed by atoms with Gasteiger partial charge in [0.2, 0.25) is 0 Å². The summed E-state index contributed by atoms with van der Waals surface area (Å²) >= 11 is 0. The van der Waals surface area contributed by atoms with Crippen molar-refractivity contribution in [2.45, 2.75) is 36.8 Å². The molecule has 1 aliphatic carbocycles. The van der Waals surface area contributed by atoms with Crippen molar-refractivity contribution in [3.8, 4) is 0 Å². The van der Waals surface area contributed by atoms with Crippen LogP contribution in [-0.2, 0) is 0 Å². The Balaban J connectivity index is 1.84. The van der Waals surface area contributed by atoms with Crippen molar-refractivity contribution in [3.63, 3.8) is 0 Å². The van der Waals surface area contributed by atoms with Crippen LogP contribution in [0, 0.1) is 4.91 Å². The number of nitroso groups, excluding NO2 is 1. The fourth-order valence-electron chi connectivity index (χ4n) is 2.95. The highest BCUT2D eigenvalue weighted by Crippen LogP contribution is 2.67. The van der Waals surface area contributed by atoms with Gasteiger partial charge < -0.3 is 0 Å². The summed E-state index contributed by atoms with van der Waals surface area (Å²) in [4.78, 5) is 14.9. The highest BCUT2D eigenvalue weighted by atomic mass is 16.2. The van der Waals surface area contributed by atoms with Crippen molar-refractivity contribution >= 4 is 6.85 Å². The Bertz CT molecular complexity index is 377. The molecule has 3 nitrogen and oxygen atoms in total. The molecular weight excluding hydrogens is 187 g/mol. The van der Waals surface area contributed by atoms with Crippen molar-refractivity contribution in [3.05, 3.63) is 35.0 Å². The molecule has 0 radical (unpaired) electrons. The SMILES string of the molecule is O=NB1CC(c2cccnc2)CC12CC2. The van der Waals surface area contributed by atoms with Crippen LogP contribution < -0.4 is 0 Å². The van der Waals surface area contributed by atoms with E-state index in [-0.39, 0.29) is 12.2 Å². The third-order valence-electron chi connectivity index (χ3n) is 4.04. The molecule has 0 aromatic carbocycles.